The molecule has 1 unspecified atom stereocenters. The molecular weight excluding hydrogens is 182 g/mol. The summed E-state index contributed by atoms with van der Waals surface area (Å²) in [7, 11) is 1.83. The van der Waals surface area contributed by atoms with Gasteiger partial charge in [0.15, 0.2) is 6.10 Å². The van der Waals surface area contributed by atoms with Gasteiger partial charge in [-0.1, -0.05) is 0 Å². The maximum atomic E-state index is 11.3. The lowest BCUT2D eigenvalue weighted by Crippen LogP contribution is -2.32. The van der Waals surface area contributed by atoms with Gasteiger partial charge >= 0.3 is 5.97 Å². The highest BCUT2D eigenvalue weighted by atomic mass is 16.6. The molecule has 0 heterocycles. The molecule has 4 nitrogen and oxygen atoms in total. The number of nitrogens with one attached hydrogen (secondary N) is 1. The van der Waals surface area contributed by atoms with Crippen LogP contribution in [0.25, 0.3) is 0 Å². The summed E-state index contributed by atoms with van der Waals surface area (Å²) in [4.78, 5) is 11.3. The van der Waals surface area contributed by atoms with Crippen LogP contribution in [0.1, 0.15) is 33.6 Å². The van der Waals surface area contributed by atoms with Crippen molar-refractivity contribution < 1.29 is 14.6 Å². The Morgan fingerprint density at radius 2 is 2.07 bits per heavy atom. The van der Waals surface area contributed by atoms with Crippen LogP contribution >= 0.6 is 0 Å². The van der Waals surface area contributed by atoms with Gasteiger partial charge in [0.2, 0.25) is 0 Å². The second kappa shape index (κ2) is 5.98. The van der Waals surface area contributed by atoms with E-state index >= 15 is 0 Å². The van der Waals surface area contributed by atoms with Crippen LogP contribution in [0.4, 0.5) is 0 Å². The second-order valence-corrected chi connectivity index (χ2v) is 4.30. The lowest BCUT2D eigenvalue weighted by Gasteiger charge is -2.21. The number of aliphatic hydroxyl groups is 1. The van der Waals surface area contributed by atoms with E-state index in [0.29, 0.717) is 6.42 Å². The molecule has 0 spiro atoms. The van der Waals surface area contributed by atoms with Crippen molar-refractivity contribution in [3.63, 3.8) is 0 Å². The van der Waals surface area contributed by atoms with Crippen molar-refractivity contribution >= 4 is 5.97 Å². The van der Waals surface area contributed by atoms with Crippen molar-refractivity contribution in [2.24, 2.45) is 0 Å². The number of hydrogen-bond donors (Lipinski definition) is 2. The average Bonchev–Trinajstić information content (AvgIpc) is 2.01. The molecule has 4 heteroatoms. The number of carbonyl (C=O) groups is 1. The Kier molecular flexibility index (Phi) is 5.72. The molecule has 0 aromatic heterocycles. The second-order valence-electron chi connectivity index (χ2n) is 4.30. The molecular formula is C10H21NO3. The molecule has 2 N–H and O–H groups in total. The van der Waals surface area contributed by atoms with Crippen molar-refractivity contribution in [3.8, 4) is 0 Å². The van der Waals surface area contributed by atoms with E-state index in [9.17, 15) is 9.90 Å². The topological polar surface area (TPSA) is 58.6 Å². The Morgan fingerprint density at radius 3 is 2.50 bits per heavy atom. The van der Waals surface area contributed by atoms with Gasteiger partial charge < -0.3 is 15.2 Å². The highest BCUT2D eigenvalue weighted by Crippen LogP contribution is 2.10. The Hall–Kier alpha value is -0.610. The van der Waals surface area contributed by atoms with Gasteiger partial charge in [-0.3, -0.25) is 0 Å². The predicted molar refractivity (Wildman–Crippen MR) is 55.0 cm³/mol. The Balaban J connectivity index is 3.77. The maximum Gasteiger partial charge on any atom is 0.335 e. The van der Waals surface area contributed by atoms with Gasteiger partial charge in [0.1, 0.15) is 5.60 Å². The first kappa shape index (κ1) is 13.4. The smallest absolute Gasteiger partial charge is 0.335 e. The lowest BCUT2D eigenvalue weighted by molar-refractivity contribution is -0.165. The fourth-order valence-electron chi connectivity index (χ4n) is 0.960. The fraction of sp³-hybridized carbons (Fsp3) is 0.900. The number of aliphatic hydroxyl groups excluding tert-OH is 1. The molecule has 0 saturated heterocycles. The summed E-state index contributed by atoms with van der Waals surface area (Å²) in [6, 6.07) is 0. The van der Waals surface area contributed by atoms with E-state index in [1.807, 2.05) is 7.05 Å². The third-order valence-electron chi connectivity index (χ3n) is 1.58. The molecule has 0 aliphatic carbocycles. The molecule has 0 radical (unpaired) electrons. The van der Waals surface area contributed by atoms with Gasteiger partial charge in [0.05, 0.1) is 0 Å². The van der Waals surface area contributed by atoms with Crippen LogP contribution in [0.5, 0.6) is 0 Å². The van der Waals surface area contributed by atoms with Crippen LogP contribution in [0.2, 0.25) is 0 Å². The van der Waals surface area contributed by atoms with Gasteiger partial charge in [0.25, 0.3) is 0 Å². The molecule has 0 fully saturated rings. The molecule has 0 amide bonds. The van der Waals surface area contributed by atoms with E-state index < -0.39 is 17.7 Å². The summed E-state index contributed by atoms with van der Waals surface area (Å²) < 4.78 is 5.02. The zero-order chi connectivity index (χ0) is 11.2. The minimum absolute atomic E-state index is 0.440. The number of esters is 1. The van der Waals surface area contributed by atoms with Crippen molar-refractivity contribution in [1.82, 2.24) is 5.32 Å². The molecule has 84 valence electrons. The van der Waals surface area contributed by atoms with Crippen LogP contribution in [-0.2, 0) is 9.53 Å². The van der Waals surface area contributed by atoms with Gasteiger partial charge in [-0.15, -0.1) is 0 Å². The predicted octanol–water partition coefficient (Wildman–Crippen LogP) is 0.689. The number of carbonyl (C=O) groups excluding carboxylic acids is 1. The third kappa shape index (κ3) is 6.86. The quantitative estimate of drug-likeness (QED) is 0.510. The highest BCUT2D eigenvalue weighted by molar-refractivity contribution is 5.74. The fourth-order valence-corrected chi connectivity index (χ4v) is 0.960. The van der Waals surface area contributed by atoms with E-state index in [0.717, 1.165) is 13.0 Å². The summed E-state index contributed by atoms with van der Waals surface area (Å²) in [5, 5.41) is 12.4. The van der Waals surface area contributed by atoms with Crippen molar-refractivity contribution in [2.75, 3.05) is 13.6 Å². The summed E-state index contributed by atoms with van der Waals surface area (Å²) in [5.74, 6) is -0.534. The normalized spacial score (nSPS) is 13.8. The van der Waals surface area contributed by atoms with Crippen LogP contribution < -0.4 is 5.32 Å². The van der Waals surface area contributed by atoms with Gasteiger partial charge in [-0.05, 0) is 47.2 Å². The molecule has 0 aromatic carbocycles. The van der Waals surface area contributed by atoms with E-state index in [1.165, 1.54) is 0 Å². The molecule has 14 heavy (non-hydrogen) atoms. The molecule has 0 aromatic rings. The van der Waals surface area contributed by atoms with Crippen molar-refractivity contribution in [1.29, 1.82) is 0 Å². The van der Waals surface area contributed by atoms with Gasteiger partial charge in [-0.2, -0.15) is 0 Å². The van der Waals surface area contributed by atoms with Gasteiger partial charge in [0, 0.05) is 0 Å². The zero-order valence-electron chi connectivity index (χ0n) is 9.46. The summed E-state index contributed by atoms with van der Waals surface area (Å²) in [6.07, 6.45) is 0.203. The van der Waals surface area contributed by atoms with E-state index in [-0.39, 0.29) is 0 Å². The number of hydrogen-bond acceptors (Lipinski definition) is 4. The Morgan fingerprint density at radius 1 is 1.50 bits per heavy atom. The molecule has 0 bridgehead atoms. The first-order valence-electron chi connectivity index (χ1n) is 4.92. The third-order valence-corrected chi connectivity index (χ3v) is 1.58. The minimum Gasteiger partial charge on any atom is -0.458 e. The van der Waals surface area contributed by atoms with Crippen LogP contribution in [0, 0.1) is 0 Å². The summed E-state index contributed by atoms with van der Waals surface area (Å²) in [5.41, 5.74) is -0.527. The molecule has 0 rings (SSSR count). The Labute approximate surface area is 85.6 Å². The van der Waals surface area contributed by atoms with Crippen LogP contribution in [-0.4, -0.2) is 36.4 Å². The number of rotatable bonds is 5. The van der Waals surface area contributed by atoms with Crippen LogP contribution in [0.15, 0.2) is 0 Å². The van der Waals surface area contributed by atoms with Crippen LogP contribution in [0.3, 0.4) is 0 Å². The first-order chi connectivity index (χ1) is 6.37. The lowest BCUT2D eigenvalue weighted by atomic mass is 10.1. The molecule has 0 aliphatic heterocycles. The largest absolute Gasteiger partial charge is 0.458 e. The SMILES string of the molecule is CNCCCC(O)C(=O)OC(C)(C)C. The Bertz CT molecular complexity index is 175. The van der Waals surface area contributed by atoms with E-state index in [2.05, 4.69) is 5.32 Å². The highest BCUT2D eigenvalue weighted by Gasteiger charge is 2.22. The monoisotopic (exact) mass is 203 g/mol. The van der Waals surface area contributed by atoms with Gasteiger partial charge in [-0.25, -0.2) is 4.79 Å². The standard InChI is InChI=1S/C10H21NO3/c1-10(2,3)14-9(13)8(12)6-5-7-11-4/h8,11-12H,5-7H2,1-4H3. The summed E-state index contributed by atoms with van der Waals surface area (Å²) in [6.45, 7) is 6.14. The van der Waals surface area contributed by atoms with Crippen molar-refractivity contribution in [3.05, 3.63) is 0 Å². The first-order valence-corrected chi connectivity index (χ1v) is 4.92. The average molecular weight is 203 g/mol. The summed E-state index contributed by atoms with van der Waals surface area (Å²) >= 11 is 0. The number of ether oxygens (including phenoxy) is 1. The van der Waals surface area contributed by atoms with Crippen molar-refractivity contribution in [2.45, 2.75) is 45.3 Å². The maximum absolute atomic E-state index is 11.3. The zero-order valence-corrected chi connectivity index (χ0v) is 9.46. The van der Waals surface area contributed by atoms with E-state index in [4.69, 9.17) is 4.74 Å². The minimum atomic E-state index is -0.998. The van der Waals surface area contributed by atoms with E-state index in [1.54, 1.807) is 20.8 Å². The molecule has 0 saturated carbocycles. The molecule has 1 atom stereocenters. The molecule has 0 aliphatic rings.